The van der Waals surface area contributed by atoms with E-state index < -0.39 is 6.10 Å². The van der Waals surface area contributed by atoms with Crippen LogP contribution in [0.25, 0.3) is 11.1 Å². The third kappa shape index (κ3) is 3.29. The molecule has 0 spiro atoms. The maximum absolute atomic E-state index is 11.4. The Hall–Kier alpha value is -2.04. The lowest BCUT2D eigenvalue weighted by molar-refractivity contribution is 0.101. The van der Waals surface area contributed by atoms with E-state index in [1.54, 1.807) is 12.4 Å². The summed E-state index contributed by atoms with van der Waals surface area (Å²) in [5, 5.41) is 9.86. The zero-order valence-electron chi connectivity index (χ0n) is 11.4. The Kier molecular flexibility index (Phi) is 4.61. The lowest BCUT2D eigenvalue weighted by atomic mass is 10.0. The molecule has 20 heavy (non-hydrogen) atoms. The molecule has 104 valence electrons. The summed E-state index contributed by atoms with van der Waals surface area (Å²) in [6.07, 6.45) is 3.29. The van der Waals surface area contributed by atoms with E-state index in [4.69, 9.17) is 5.73 Å². The highest BCUT2D eigenvalue weighted by Gasteiger charge is 2.07. The van der Waals surface area contributed by atoms with Crippen molar-refractivity contribution in [1.29, 1.82) is 0 Å². The predicted octanol–water partition coefficient (Wildman–Crippen LogP) is 2.33. The highest BCUT2D eigenvalue weighted by Crippen LogP contribution is 2.23. The molecule has 0 aliphatic heterocycles. The molecule has 1 aromatic heterocycles. The largest absolute Gasteiger partial charge is 0.388 e. The van der Waals surface area contributed by atoms with Gasteiger partial charge in [-0.25, -0.2) is 0 Å². The molecule has 2 aromatic rings. The summed E-state index contributed by atoms with van der Waals surface area (Å²) in [6, 6.07) is 9.39. The Morgan fingerprint density at radius 3 is 2.55 bits per heavy atom. The van der Waals surface area contributed by atoms with Gasteiger partial charge in [0, 0.05) is 23.5 Å². The topological polar surface area (TPSA) is 76.2 Å². The fourth-order valence-electron chi connectivity index (χ4n) is 2.01. The molecule has 0 aliphatic carbocycles. The van der Waals surface area contributed by atoms with Crippen LogP contribution in [0, 0.1) is 0 Å². The van der Waals surface area contributed by atoms with Gasteiger partial charge in [-0.2, -0.15) is 0 Å². The Morgan fingerprint density at radius 1 is 1.25 bits per heavy atom. The van der Waals surface area contributed by atoms with Crippen LogP contribution in [0.1, 0.15) is 35.4 Å². The first-order valence-corrected chi connectivity index (χ1v) is 6.56. The van der Waals surface area contributed by atoms with Crippen molar-refractivity contribution in [2.75, 3.05) is 6.54 Å². The first-order valence-electron chi connectivity index (χ1n) is 6.56. The first-order chi connectivity index (χ1) is 9.61. The van der Waals surface area contributed by atoms with Crippen molar-refractivity contribution in [3.8, 4) is 11.1 Å². The lowest BCUT2D eigenvalue weighted by Crippen LogP contribution is -2.06. The van der Waals surface area contributed by atoms with E-state index in [-0.39, 0.29) is 5.78 Å². The Bertz CT molecular complexity index is 594. The minimum absolute atomic E-state index is 0.00524. The van der Waals surface area contributed by atoms with Crippen molar-refractivity contribution in [3.05, 3.63) is 53.9 Å². The number of aliphatic hydroxyl groups excluding tert-OH is 1. The molecular weight excluding hydrogens is 252 g/mol. The van der Waals surface area contributed by atoms with Gasteiger partial charge in [0.2, 0.25) is 0 Å². The summed E-state index contributed by atoms with van der Waals surface area (Å²) in [5.41, 5.74) is 8.72. The van der Waals surface area contributed by atoms with Crippen LogP contribution in [-0.4, -0.2) is 22.4 Å². The van der Waals surface area contributed by atoms with Gasteiger partial charge in [-0.05, 0) is 37.1 Å². The zero-order chi connectivity index (χ0) is 14.5. The van der Waals surface area contributed by atoms with E-state index in [9.17, 15) is 9.90 Å². The third-order valence-electron chi connectivity index (χ3n) is 3.21. The monoisotopic (exact) mass is 270 g/mol. The molecular formula is C16H18N2O2. The number of nitrogens with two attached hydrogens (primary N) is 1. The van der Waals surface area contributed by atoms with E-state index in [2.05, 4.69) is 4.98 Å². The van der Waals surface area contributed by atoms with Crippen LogP contribution in [0.4, 0.5) is 0 Å². The number of carbonyl (C=O) groups excluding carboxylic acids is 1. The van der Waals surface area contributed by atoms with Crippen LogP contribution in [0.5, 0.6) is 0 Å². The second kappa shape index (κ2) is 6.41. The van der Waals surface area contributed by atoms with Gasteiger partial charge in [-0.3, -0.25) is 9.78 Å². The van der Waals surface area contributed by atoms with Crippen LogP contribution in [-0.2, 0) is 0 Å². The molecule has 4 heteroatoms. The van der Waals surface area contributed by atoms with Crippen molar-refractivity contribution < 1.29 is 9.90 Å². The molecule has 0 fully saturated rings. The second-order valence-electron chi connectivity index (χ2n) is 4.73. The normalized spacial score (nSPS) is 12.2. The number of aliphatic hydroxyl groups is 1. The highest BCUT2D eigenvalue weighted by molar-refractivity contribution is 5.94. The number of carbonyl (C=O) groups is 1. The summed E-state index contributed by atoms with van der Waals surface area (Å²) in [6.45, 7) is 1.97. The van der Waals surface area contributed by atoms with Gasteiger partial charge in [0.25, 0.3) is 0 Å². The van der Waals surface area contributed by atoms with Crippen LogP contribution in [0.2, 0.25) is 0 Å². The summed E-state index contributed by atoms with van der Waals surface area (Å²) in [4.78, 5) is 15.4. The van der Waals surface area contributed by atoms with Gasteiger partial charge in [0.1, 0.15) is 0 Å². The molecule has 0 amide bonds. The van der Waals surface area contributed by atoms with E-state index in [0.717, 1.165) is 16.7 Å². The van der Waals surface area contributed by atoms with Crippen LogP contribution in [0.15, 0.2) is 42.7 Å². The van der Waals surface area contributed by atoms with Crippen molar-refractivity contribution in [2.45, 2.75) is 19.4 Å². The number of nitrogens with zero attached hydrogens (tertiary/aromatic N) is 1. The van der Waals surface area contributed by atoms with E-state index in [0.29, 0.717) is 18.5 Å². The molecule has 0 aliphatic rings. The number of Topliss-reactive ketones (excluding diaryl/α,β-unsaturated/α-hetero) is 1. The SMILES string of the molecule is CC(=O)c1cncc(-c2ccc(C(O)CCN)cc2)c1. The number of hydrogen-bond acceptors (Lipinski definition) is 4. The summed E-state index contributed by atoms with van der Waals surface area (Å²) < 4.78 is 0. The maximum atomic E-state index is 11.4. The Balaban J connectivity index is 2.26. The Morgan fingerprint density at radius 2 is 1.95 bits per heavy atom. The van der Waals surface area contributed by atoms with Gasteiger partial charge >= 0.3 is 0 Å². The number of hydrogen-bond donors (Lipinski definition) is 2. The average molecular weight is 270 g/mol. The molecule has 0 bridgehead atoms. The Labute approximate surface area is 118 Å². The summed E-state index contributed by atoms with van der Waals surface area (Å²) in [7, 11) is 0. The molecule has 0 saturated heterocycles. The molecule has 1 heterocycles. The standard InChI is InChI=1S/C16H18N2O2/c1-11(19)14-8-15(10-18-9-14)12-2-4-13(5-3-12)16(20)6-7-17/h2-5,8-10,16,20H,6-7,17H2,1H3. The lowest BCUT2D eigenvalue weighted by Gasteiger charge is -2.10. The van der Waals surface area contributed by atoms with Gasteiger partial charge in [0.15, 0.2) is 5.78 Å². The average Bonchev–Trinajstić information content (AvgIpc) is 2.48. The molecule has 1 aromatic carbocycles. The van der Waals surface area contributed by atoms with Crippen LogP contribution >= 0.6 is 0 Å². The molecule has 3 N–H and O–H groups in total. The number of pyridine rings is 1. The van der Waals surface area contributed by atoms with E-state index in [1.165, 1.54) is 6.92 Å². The fraction of sp³-hybridized carbons (Fsp3) is 0.250. The predicted molar refractivity (Wildman–Crippen MR) is 78.3 cm³/mol. The van der Waals surface area contributed by atoms with Gasteiger partial charge in [-0.15, -0.1) is 0 Å². The highest BCUT2D eigenvalue weighted by atomic mass is 16.3. The number of aromatic nitrogens is 1. The molecule has 4 nitrogen and oxygen atoms in total. The molecule has 0 radical (unpaired) electrons. The number of rotatable bonds is 5. The van der Waals surface area contributed by atoms with Gasteiger partial charge < -0.3 is 10.8 Å². The van der Waals surface area contributed by atoms with Crippen LogP contribution in [0.3, 0.4) is 0 Å². The molecule has 0 saturated carbocycles. The zero-order valence-corrected chi connectivity index (χ0v) is 11.4. The smallest absolute Gasteiger partial charge is 0.161 e. The van der Waals surface area contributed by atoms with Crippen LogP contribution < -0.4 is 5.73 Å². The van der Waals surface area contributed by atoms with Crippen molar-refractivity contribution in [3.63, 3.8) is 0 Å². The third-order valence-corrected chi connectivity index (χ3v) is 3.21. The summed E-state index contributed by atoms with van der Waals surface area (Å²) >= 11 is 0. The van der Waals surface area contributed by atoms with Crippen molar-refractivity contribution in [1.82, 2.24) is 4.98 Å². The molecule has 2 rings (SSSR count). The minimum Gasteiger partial charge on any atom is -0.388 e. The second-order valence-corrected chi connectivity index (χ2v) is 4.73. The minimum atomic E-state index is -0.532. The fourth-order valence-corrected chi connectivity index (χ4v) is 2.01. The van der Waals surface area contributed by atoms with Crippen molar-refractivity contribution >= 4 is 5.78 Å². The molecule has 1 unspecified atom stereocenters. The maximum Gasteiger partial charge on any atom is 0.161 e. The number of ketones is 1. The van der Waals surface area contributed by atoms with Gasteiger partial charge in [-0.1, -0.05) is 24.3 Å². The van der Waals surface area contributed by atoms with E-state index in [1.807, 2.05) is 30.3 Å². The number of benzene rings is 1. The quantitative estimate of drug-likeness (QED) is 0.818. The first kappa shape index (κ1) is 14.4. The van der Waals surface area contributed by atoms with E-state index >= 15 is 0 Å². The molecule has 1 atom stereocenters. The summed E-state index contributed by atoms with van der Waals surface area (Å²) in [5.74, 6) is -0.00524. The van der Waals surface area contributed by atoms with Gasteiger partial charge in [0.05, 0.1) is 6.10 Å². The van der Waals surface area contributed by atoms with Crippen molar-refractivity contribution in [2.24, 2.45) is 5.73 Å².